The first kappa shape index (κ1) is 24.6. The molecular formula is C24H43NO3. The molecule has 162 valence electrons. The van der Waals surface area contributed by atoms with Gasteiger partial charge in [-0.15, -0.1) is 0 Å². The van der Waals surface area contributed by atoms with E-state index in [0.717, 1.165) is 30.2 Å². The fourth-order valence-electron chi connectivity index (χ4n) is 3.53. The van der Waals surface area contributed by atoms with Gasteiger partial charge in [-0.3, -0.25) is 0 Å². The van der Waals surface area contributed by atoms with Crippen LogP contribution in [0.2, 0.25) is 0 Å². The van der Waals surface area contributed by atoms with Gasteiger partial charge in [0.15, 0.2) is 0 Å². The summed E-state index contributed by atoms with van der Waals surface area (Å²) >= 11 is 0. The van der Waals surface area contributed by atoms with E-state index >= 15 is 0 Å². The molecule has 0 aliphatic heterocycles. The molecule has 0 amide bonds. The van der Waals surface area contributed by atoms with E-state index in [9.17, 15) is 0 Å². The summed E-state index contributed by atoms with van der Waals surface area (Å²) in [7, 11) is 3.39. The highest BCUT2D eigenvalue weighted by molar-refractivity contribution is 5.59. The molecule has 0 spiro atoms. The number of benzene rings is 1. The van der Waals surface area contributed by atoms with Gasteiger partial charge in [-0.05, 0) is 25.0 Å². The highest BCUT2D eigenvalue weighted by Crippen LogP contribution is 2.28. The number of unbranched alkanes of at least 4 members (excludes halogenated alkanes) is 13. The van der Waals surface area contributed by atoms with E-state index in [1.165, 1.54) is 83.5 Å². The van der Waals surface area contributed by atoms with Crippen molar-refractivity contribution in [3.63, 3.8) is 0 Å². The van der Waals surface area contributed by atoms with Crippen LogP contribution in [0.5, 0.6) is 11.5 Å². The average Bonchev–Trinajstić information content (AvgIpc) is 2.73. The molecule has 0 aliphatic rings. The second-order valence-corrected chi connectivity index (χ2v) is 7.67. The Morgan fingerprint density at radius 3 is 1.64 bits per heavy atom. The summed E-state index contributed by atoms with van der Waals surface area (Å²) in [6.07, 6.45) is 18.3. The van der Waals surface area contributed by atoms with Crippen LogP contribution in [0.1, 0.15) is 89.9 Å². The lowest BCUT2D eigenvalue weighted by atomic mass is 10.0. The van der Waals surface area contributed by atoms with E-state index in [4.69, 9.17) is 14.6 Å². The predicted octanol–water partition coefficient (Wildman–Crippen LogP) is 6.57. The number of aliphatic hydroxyl groups is 1. The lowest BCUT2D eigenvalue weighted by Gasteiger charge is -2.12. The van der Waals surface area contributed by atoms with Crippen molar-refractivity contribution in [3.05, 3.63) is 18.2 Å². The number of ether oxygens (including phenoxy) is 2. The Hall–Kier alpha value is -1.42. The number of hydrogen-bond donors (Lipinski definition) is 2. The summed E-state index contributed by atoms with van der Waals surface area (Å²) in [6, 6.07) is 5.86. The van der Waals surface area contributed by atoms with Crippen LogP contribution in [0.4, 0.5) is 5.69 Å². The zero-order chi connectivity index (χ0) is 20.3. The van der Waals surface area contributed by atoms with Gasteiger partial charge in [-0.2, -0.15) is 0 Å². The van der Waals surface area contributed by atoms with Gasteiger partial charge in [-0.25, -0.2) is 0 Å². The Kier molecular flexibility index (Phi) is 15.5. The fourth-order valence-corrected chi connectivity index (χ4v) is 3.53. The van der Waals surface area contributed by atoms with Gasteiger partial charge in [0, 0.05) is 19.2 Å². The van der Waals surface area contributed by atoms with Crippen molar-refractivity contribution in [1.82, 2.24) is 0 Å². The van der Waals surface area contributed by atoms with Crippen LogP contribution in [0, 0.1) is 0 Å². The molecule has 4 nitrogen and oxygen atoms in total. The Balaban J connectivity index is 1.89. The first-order chi connectivity index (χ1) is 13.8. The maximum atomic E-state index is 8.74. The third kappa shape index (κ3) is 12.1. The molecule has 1 rings (SSSR count). The van der Waals surface area contributed by atoms with E-state index < -0.39 is 0 Å². The topological polar surface area (TPSA) is 50.7 Å². The largest absolute Gasteiger partial charge is 0.497 e. The van der Waals surface area contributed by atoms with Crippen LogP contribution in [0.25, 0.3) is 0 Å². The third-order valence-electron chi connectivity index (χ3n) is 5.31. The highest BCUT2D eigenvalue weighted by Gasteiger charge is 2.04. The first-order valence-electron chi connectivity index (χ1n) is 11.4. The van der Waals surface area contributed by atoms with Crippen LogP contribution in [-0.2, 0) is 0 Å². The molecule has 0 radical (unpaired) electrons. The fraction of sp³-hybridized carbons (Fsp3) is 0.750. The number of hydrogen-bond acceptors (Lipinski definition) is 4. The molecule has 2 N–H and O–H groups in total. The summed E-state index contributed by atoms with van der Waals surface area (Å²) in [6.45, 7) is 1.33. The van der Waals surface area contributed by atoms with Gasteiger partial charge in [0.2, 0.25) is 0 Å². The molecule has 1 aromatic carbocycles. The van der Waals surface area contributed by atoms with Gasteiger partial charge in [0.1, 0.15) is 11.5 Å². The van der Waals surface area contributed by atoms with Crippen LogP contribution >= 0.6 is 0 Å². The van der Waals surface area contributed by atoms with E-state index in [0.29, 0.717) is 6.61 Å². The summed E-state index contributed by atoms with van der Waals surface area (Å²) in [5, 5.41) is 12.2. The minimum atomic E-state index is 0.355. The monoisotopic (exact) mass is 393 g/mol. The number of methoxy groups -OCH3 is 2. The van der Waals surface area contributed by atoms with Gasteiger partial charge in [0.05, 0.1) is 19.9 Å². The first-order valence-corrected chi connectivity index (χ1v) is 11.4. The molecule has 0 unspecified atom stereocenters. The molecule has 0 saturated heterocycles. The lowest BCUT2D eigenvalue weighted by Crippen LogP contribution is -2.03. The second kappa shape index (κ2) is 17.7. The second-order valence-electron chi connectivity index (χ2n) is 7.67. The van der Waals surface area contributed by atoms with Crippen LogP contribution in [0.3, 0.4) is 0 Å². The number of anilines is 1. The Morgan fingerprint density at radius 2 is 1.18 bits per heavy atom. The molecule has 0 fully saturated rings. The third-order valence-corrected chi connectivity index (χ3v) is 5.31. The van der Waals surface area contributed by atoms with E-state index in [1.807, 2.05) is 18.2 Å². The van der Waals surface area contributed by atoms with E-state index in [-0.39, 0.29) is 0 Å². The van der Waals surface area contributed by atoms with Crippen molar-refractivity contribution in [2.24, 2.45) is 0 Å². The van der Waals surface area contributed by atoms with Crippen LogP contribution in [0.15, 0.2) is 18.2 Å². The molecule has 0 atom stereocenters. The SMILES string of the molecule is COc1ccc(OC)c(NCCCCCCCCCCCCCCCCO)c1. The molecule has 4 heteroatoms. The van der Waals surface area contributed by atoms with Crippen LogP contribution < -0.4 is 14.8 Å². The summed E-state index contributed by atoms with van der Waals surface area (Å²) in [4.78, 5) is 0. The highest BCUT2D eigenvalue weighted by atomic mass is 16.5. The number of nitrogens with one attached hydrogen (secondary N) is 1. The Labute approximate surface area is 173 Å². The van der Waals surface area contributed by atoms with Gasteiger partial charge < -0.3 is 19.9 Å². The van der Waals surface area contributed by atoms with Crippen molar-refractivity contribution >= 4 is 5.69 Å². The predicted molar refractivity (Wildman–Crippen MR) is 120 cm³/mol. The van der Waals surface area contributed by atoms with Crippen molar-refractivity contribution in [1.29, 1.82) is 0 Å². The summed E-state index contributed by atoms with van der Waals surface area (Å²) in [5.74, 6) is 1.72. The zero-order valence-electron chi connectivity index (χ0n) is 18.3. The lowest BCUT2D eigenvalue weighted by molar-refractivity contribution is 0.282. The molecule has 1 aromatic rings. The molecule has 0 bridgehead atoms. The van der Waals surface area contributed by atoms with Crippen molar-refractivity contribution < 1.29 is 14.6 Å². The molecule has 28 heavy (non-hydrogen) atoms. The minimum Gasteiger partial charge on any atom is -0.497 e. The molecule has 0 aromatic heterocycles. The van der Waals surface area contributed by atoms with Crippen LogP contribution in [-0.4, -0.2) is 32.5 Å². The zero-order valence-corrected chi connectivity index (χ0v) is 18.3. The number of aliphatic hydroxyl groups excluding tert-OH is 1. The smallest absolute Gasteiger partial charge is 0.142 e. The standard InChI is InChI=1S/C24H43NO3/c1-27-22-17-18-24(28-2)23(21-22)25-19-15-13-11-9-7-5-3-4-6-8-10-12-14-16-20-26/h17-18,21,25-26H,3-16,19-20H2,1-2H3. The Morgan fingerprint density at radius 1 is 0.679 bits per heavy atom. The van der Waals surface area contributed by atoms with Crippen molar-refractivity contribution in [2.45, 2.75) is 89.9 Å². The molecule has 0 heterocycles. The van der Waals surface area contributed by atoms with E-state index in [2.05, 4.69) is 5.32 Å². The Bertz CT molecular complexity index is 479. The normalized spacial score (nSPS) is 10.8. The molecule has 0 aliphatic carbocycles. The van der Waals surface area contributed by atoms with Crippen molar-refractivity contribution in [2.75, 3.05) is 32.7 Å². The van der Waals surface area contributed by atoms with Crippen molar-refractivity contribution in [3.8, 4) is 11.5 Å². The van der Waals surface area contributed by atoms with E-state index in [1.54, 1.807) is 14.2 Å². The van der Waals surface area contributed by atoms with Gasteiger partial charge in [0.25, 0.3) is 0 Å². The summed E-state index contributed by atoms with van der Waals surface area (Å²) in [5.41, 5.74) is 1.01. The summed E-state index contributed by atoms with van der Waals surface area (Å²) < 4.78 is 10.7. The minimum absolute atomic E-state index is 0.355. The quantitative estimate of drug-likeness (QED) is 0.261. The molecule has 0 saturated carbocycles. The van der Waals surface area contributed by atoms with Gasteiger partial charge >= 0.3 is 0 Å². The molecular weight excluding hydrogens is 350 g/mol. The average molecular weight is 394 g/mol. The number of rotatable bonds is 19. The maximum absolute atomic E-state index is 8.74. The van der Waals surface area contributed by atoms with Gasteiger partial charge in [-0.1, -0.05) is 77.0 Å². The maximum Gasteiger partial charge on any atom is 0.142 e.